The summed E-state index contributed by atoms with van der Waals surface area (Å²) in [5.41, 5.74) is 0.968. The van der Waals surface area contributed by atoms with Gasteiger partial charge in [-0.25, -0.2) is 0 Å². The van der Waals surface area contributed by atoms with Gasteiger partial charge in [0.05, 0.1) is 18.1 Å². The number of aliphatic hydroxyl groups is 1. The maximum Gasteiger partial charge on any atom is 0.297 e. The Morgan fingerprint density at radius 1 is 1.15 bits per heavy atom. The molecule has 0 aliphatic carbocycles. The topological polar surface area (TPSA) is 82.1 Å². The molecule has 1 aromatic rings. The first-order valence-corrected chi connectivity index (χ1v) is 7.79. The van der Waals surface area contributed by atoms with Crippen molar-refractivity contribution in [3.63, 3.8) is 0 Å². The van der Waals surface area contributed by atoms with Gasteiger partial charge in [0, 0.05) is 0 Å². The van der Waals surface area contributed by atoms with Crippen molar-refractivity contribution >= 4 is 10.1 Å². The van der Waals surface area contributed by atoms with Gasteiger partial charge in [0.2, 0.25) is 0 Å². The molecule has 7 heteroatoms. The summed E-state index contributed by atoms with van der Waals surface area (Å²) >= 11 is 0. The van der Waals surface area contributed by atoms with Crippen LogP contribution in [0.2, 0.25) is 0 Å². The molecule has 1 aromatic carbocycles. The SMILES string of the molecule is Cc1ccc(S(=O)(=O)OC2CO[C@@H]3C(O)COC23)cc1. The van der Waals surface area contributed by atoms with Crippen LogP contribution in [0.5, 0.6) is 0 Å². The van der Waals surface area contributed by atoms with Gasteiger partial charge < -0.3 is 14.6 Å². The number of aliphatic hydroxyl groups excluding tert-OH is 1. The fraction of sp³-hybridized carbons (Fsp3) is 0.538. The predicted molar refractivity (Wildman–Crippen MR) is 68.7 cm³/mol. The highest BCUT2D eigenvalue weighted by Crippen LogP contribution is 2.30. The van der Waals surface area contributed by atoms with Crippen molar-refractivity contribution in [1.29, 1.82) is 0 Å². The second-order valence-corrected chi connectivity index (χ2v) is 6.64. The van der Waals surface area contributed by atoms with Gasteiger partial charge in [-0.15, -0.1) is 0 Å². The maximum absolute atomic E-state index is 12.2. The smallest absolute Gasteiger partial charge is 0.297 e. The molecular formula is C13H16O6S. The van der Waals surface area contributed by atoms with Crippen molar-refractivity contribution in [3.8, 4) is 0 Å². The summed E-state index contributed by atoms with van der Waals surface area (Å²) in [6, 6.07) is 6.42. The molecule has 1 N–H and O–H groups in total. The summed E-state index contributed by atoms with van der Waals surface area (Å²) in [6.45, 7) is 2.11. The molecule has 6 nitrogen and oxygen atoms in total. The number of rotatable bonds is 3. The van der Waals surface area contributed by atoms with Gasteiger partial charge in [0.1, 0.15) is 24.4 Å². The molecule has 3 unspecified atom stereocenters. The van der Waals surface area contributed by atoms with E-state index in [9.17, 15) is 13.5 Å². The van der Waals surface area contributed by atoms with E-state index in [0.29, 0.717) is 0 Å². The molecule has 2 heterocycles. The zero-order chi connectivity index (χ0) is 14.3. The molecule has 2 saturated heterocycles. The van der Waals surface area contributed by atoms with E-state index in [4.69, 9.17) is 13.7 Å². The van der Waals surface area contributed by atoms with Gasteiger partial charge in [-0.1, -0.05) is 17.7 Å². The quantitative estimate of drug-likeness (QED) is 0.805. The number of ether oxygens (including phenoxy) is 2. The van der Waals surface area contributed by atoms with Crippen molar-refractivity contribution in [1.82, 2.24) is 0 Å². The minimum atomic E-state index is -3.86. The third kappa shape index (κ3) is 2.47. The third-order valence-electron chi connectivity index (χ3n) is 3.54. The van der Waals surface area contributed by atoms with E-state index in [1.54, 1.807) is 12.1 Å². The van der Waals surface area contributed by atoms with E-state index in [1.807, 2.05) is 6.92 Å². The molecule has 0 amide bonds. The summed E-state index contributed by atoms with van der Waals surface area (Å²) in [4.78, 5) is 0.102. The Hall–Kier alpha value is -0.990. The van der Waals surface area contributed by atoms with E-state index in [1.165, 1.54) is 12.1 Å². The van der Waals surface area contributed by atoms with Crippen LogP contribution in [0, 0.1) is 6.92 Å². The molecule has 4 atom stereocenters. The normalized spacial score (nSPS) is 33.3. The summed E-state index contributed by atoms with van der Waals surface area (Å²) in [5, 5.41) is 9.61. The van der Waals surface area contributed by atoms with Crippen molar-refractivity contribution in [2.24, 2.45) is 0 Å². The van der Waals surface area contributed by atoms with E-state index in [0.717, 1.165) is 5.56 Å². The van der Waals surface area contributed by atoms with Crippen molar-refractivity contribution in [3.05, 3.63) is 29.8 Å². The lowest BCUT2D eigenvalue weighted by atomic mass is 10.1. The predicted octanol–water partition coefficient (Wildman–Crippen LogP) is 0.227. The van der Waals surface area contributed by atoms with Crippen LogP contribution in [-0.4, -0.2) is 51.2 Å². The van der Waals surface area contributed by atoms with Crippen molar-refractivity contribution in [2.75, 3.05) is 13.2 Å². The number of aryl methyl sites for hydroxylation is 1. The molecule has 2 aliphatic heterocycles. The Kier molecular flexibility index (Phi) is 3.55. The summed E-state index contributed by atoms with van der Waals surface area (Å²) in [6.07, 6.45) is -2.49. The van der Waals surface area contributed by atoms with Crippen molar-refractivity contribution in [2.45, 2.75) is 36.2 Å². The Bertz CT molecular complexity index is 581. The number of fused-ring (bicyclic) bond motifs is 1. The van der Waals surface area contributed by atoms with E-state index < -0.39 is 34.5 Å². The third-order valence-corrected chi connectivity index (χ3v) is 4.89. The number of hydrogen-bond donors (Lipinski definition) is 1. The van der Waals surface area contributed by atoms with Crippen LogP contribution in [0.15, 0.2) is 29.2 Å². The molecule has 0 aromatic heterocycles. The van der Waals surface area contributed by atoms with Gasteiger partial charge in [-0.3, -0.25) is 4.18 Å². The van der Waals surface area contributed by atoms with Gasteiger partial charge in [-0.2, -0.15) is 8.42 Å². The van der Waals surface area contributed by atoms with E-state index in [-0.39, 0.29) is 18.1 Å². The van der Waals surface area contributed by atoms with Crippen molar-refractivity contribution < 1.29 is 27.2 Å². The first kappa shape index (κ1) is 14.0. The van der Waals surface area contributed by atoms with Gasteiger partial charge >= 0.3 is 0 Å². The molecule has 2 aliphatic rings. The lowest BCUT2D eigenvalue weighted by Gasteiger charge is -2.16. The monoisotopic (exact) mass is 300 g/mol. The lowest BCUT2D eigenvalue weighted by Crippen LogP contribution is -2.34. The first-order valence-electron chi connectivity index (χ1n) is 6.38. The average Bonchev–Trinajstić information content (AvgIpc) is 2.95. The van der Waals surface area contributed by atoms with Crippen LogP contribution in [-0.2, 0) is 23.8 Å². The minimum absolute atomic E-state index is 0.0947. The summed E-state index contributed by atoms with van der Waals surface area (Å²) in [7, 11) is -3.86. The van der Waals surface area contributed by atoms with Crippen LogP contribution < -0.4 is 0 Å². The highest BCUT2D eigenvalue weighted by Gasteiger charge is 2.49. The first-order chi connectivity index (χ1) is 9.47. The van der Waals surface area contributed by atoms with Crippen LogP contribution in [0.3, 0.4) is 0 Å². The Morgan fingerprint density at radius 2 is 1.80 bits per heavy atom. The molecule has 0 saturated carbocycles. The molecule has 0 radical (unpaired) electrons. The fourth-order valence-electron chi connectivity index (χ4n) is 2.45. The maximum atomic E-state index is 12.2. The largest absolute Gasteiger partial charge is 0.388 e. The minimum Gasteiger partial charge on any atom is -0.388 e. The molecule has 20 heavy (non-hydrogen) atoms. The summed E-state index contributed by atoms with van der Waals surface area (Å²) in [5.74, 6) is 0. The average molecular weight is 300 g/mol. The van der Waals surface area contributed by atoms with E-state index >= 15 is 0 Å². The van der Waals surface area contributed by atoms with Crippen LogP contribution in [0.1, 0.15) is 5.56 Å². The standard InChI is InChI=1S/C13H16O6S/c1-8-2-4-9(5-3-8)20(15,16)19-11-7-18-12-10(14)6-17-13(11)12/h2-5,10-14H,6-7H2,1H3/t10?,11?,12-,13?/m1/s1. The van der Waals surface area contributed by atoms with Crippen LogP contribution in [0.4, 0.5) is 0 Å². The summed E-state index contributed by atoms with van der Waals surface area (Å²) < 4.78 is 40.2. The Balaban J connectivity index is 1.76. The van der Waals surface area contributed by atoms with Gasteiger partial charge in [0.25, 0.3) is 10.1 Å². The molecule has 0 spiro atoms. The lowest BCUT2D eigenvalue weighted by molar-refractivity contribution is 0.00979. The second-order valence-electron chi connectivity index (χ2n) is 5.07. The van der Waals surface area contributed by atoms with Crippen LogP contribution in [0.25, 0.3) is 0 Å². The highest BCUT2D eigenvalue weighted by molar-refractivity contribution is 7.86. The van der Waals surface area contributed by atoms with Gasteiger partial charge in [0.15, 0.2) is 0 Å². The van der Waals surface area contributed by atoms with Crippen LogP contribution >= 0.6 is 0 Å². The van der Waals surface area contributed by atoms with E-state index in [2.05, 4.69) is 0 Å². The fourth-order valence-corrected chi connectivity index (χ4v) is 3.52. The molecule has 3 rings (SSSR count). The molecule has 0 bridgehead atoms. The molecule has 110 valence electrons. The Morgan fingerprint density at radius 3 is 2.50 bits per heavy atom. The zero-order valence-electron chi connectivity index (χ0n) is 10.9. The highest BCUT2D eigenvalue weighted by atomic mass is 32.2. The molecule has 2 fully saturated rings. The number of hydrogen-bond acceptors (Lipinski definition) is 6. The van der Waals surface area contributed by atoms with Gasteiger partial charge in [-0.05, 0) is 19.1 Å². The molecular weight excluding hydrogens is 284 g/mol. The number of benzene rings is 1. The Labute approximate surface area is 117 Å². The zero-order valence-corrected chi connectivity index (χ0v) is 11.7. The second kappa shape index (κ2) is 5.09.